The van der Waals surface area contributed by atoms with Crippen LogP contribution in [0.25, 0.3) is 0 Å². The molecule has 3 N–H and O–H groups in total. The molecule has 0 saturated heterocycles. The Morgan fingerprint density at radius 3 is 2.64 bits per heavy atom. The molecule has 14 heavy (non-hydrogen) atoms. The number of amides is 1. The van der Waals surface area contributed by atoms with Crippen LogP contribution in [-0.4, -0.2) is 29.5 Å². The van der Waals surface area contributed by atoms with Gasteiger partial charge in [0.25, 0.3) is 0 Å². The molecule has 0 fully saturated rings. The van der Waals surface area contributed by atoms with Crippen LogP contribution in [0.1, 0.15) is 33.6 Å². The van der Waals surface area contributed by atoms with Crippen molar-refractivity contribution in [3.63, 3.8) is 0 Å². The summed E-state index contributed by atoms with van der Waals surface area (Å²) in [6, 6.07) is 0.513. The SMILES string of the molecule is CCC(N)CSCCC(=O)NC(C)C. The molecule has 0 rings (SSSR count). The molecular weight excluding hydrogens is 196 g/mol. The fourth-order valence-corrected chi connectivity index (χ4v) is 1.95. The summed E-state index contributed by atoms with van der Waals surface area (Å²) in [4.78, 5) is 11.2. The summed E-state index contributed by atoms with van der Waals surface area (Å²) in [5.74, 6) is 1.95. The molecule has 1 atom stereocenters. The van der Waals surface area contributed by atoms with Crippen molar-refractivity contribution in [2.45, 2.75) is 45.7 Å². The maximum atomic E-state index is 11.2. The number of hydrogen-bond acceptors (Lipinski definition) is 3. The Morgan fingerprint density at radius 2 is 2.14 bits per heavy atom. The van der Waals surface area contributed by atoms with Gasteiger partial charge in [-0.15, -0.1) is 0 Å². The van der Waals surface area contributed by atoms with Crippen LogP contribution in [0.3, 0.4) is 0 Å². The molecule has 4 heteroatoms. The van der Waals surface area contributed by atoms with Gasteiger partial charge in [0.2, 0.25) is 5.91 Å². The van der Waals surface area contributed by atoms with Gasteiger partial charge in [-0.2, -0.15) is 11.8 Å². The molecule has 0 aromatic rings. The number of rotatable bonds is 7. The second kappa shape index (κ2) is 8.12. The number of carbonyl (C=O) groups is 1. The molecule has 0 aliphatic rings. The largest absolute Gasteiger partial charge is 0.354 e. The van der Waals surface area contributed by atoms with Crippen molar-refractivity contribution in [3.05, 3.63) is 0 Å². The molecule has 0 aliphatic heterocycles. The highest BCUT2D eigenvalue weighted by Gasteiger charge is 2.04. The summed E-state index contributed by atoms with van der Waals surface area (Å²) >= 11 is 1.76. The molecule has 0 aromatic heterocycles. The first-order valence-corrected chi connectivity index (χ1v) is 6.34. The van der Waals surface area contributed by atoms with Crippen LogP contribution < -0.4 is 11.1 Å². The Labute approximate surface area is 91.2 Å². The van der Waals surface area contributed by atoms with Crippen LogP contribution in [0.4, 0.5) is 0 Å². The molecule has 1 amide bonds. The fourth-order valence-electron chi connectivity index (χ4n) is 0.912. The molecule has 0 radical (unpaired) electrons. The highest BCUT2D eigenvalue weighted by molar-refractivity contribution is 7.99. The maximum Gasteiger partial charge on any atom is 0.221 e. The molecule has 0 spiro atoms. The summed E-state index contributed by atoms with van der Waals surface area (Å²) in [7, 11) is 0. The van der Waals surface area contributed by atoms with Crippen molar-refractivity contribution in [2.24, 2.45) is 5.73 Å². The van der Waals surface area contributed by atoms with Gasteiger partial charge in [-0.1, -0.05) is 6.92 Å². The van der Waals surface area contributed by atoms with E-state index in [0.717, 1.165) is 17.9 Å². The third-order valence-corrected chi connectivity index (χ3v) is 2.94. The van der Waals surface area contributed by atoms with Gasteiger partial charge >= 0.3 is 0 Å². The van der Waals surface area contributed by atoms with E-state index in [1.807, 2.05) is 13.8 Å². The van der Waals surface area contributed by atoms with E-state index in [1.54, 1.807) is 11.8 Å². The quantitative estimate of drug-likeness (QED) is 0.635. The van der Waals surface area contributed by atoms with E-state index >= 15 is 0 Å². The van der Waals surface area contributed by atoms with E-state index in [4.69, 9.17) is 5.73 Å². The predicted molar refractivity (Wildman–Crippen MR) is 63.5 cm³/mol. The highest BCUT2D eigenvalue weighted by atomic mass is 32.2. The van der Waals surface area contributed by atoms with E-state index < -0.39 is 0 Å². The van der Waals surface area contributed by atoms with E-state index in [1.165, 1.54) is 0 Å². The summed E-state index contributed by atoms with van der Waals surface area (Å²) in [5, 5.41) is 2.86. The zero-order valence-corrected chi connectivity index (χ0v) is 10.2. The zero-order chi connectivity index (χ0) is 11.0. The number of hydrogen-bond donors (Lipinski definition) is 2. The Bertz CT molecular complexity index is 162. The van der Waals surface area contributed by atoms with Crippen molar-refractivity contribution in [2.75, 3.05) is 11.5 Å². The van der Waals surface area contributed by atoms with Crippen LogP contribution in [-0.2, 0) is 4.79 Å². The summed E-state index contributed by atoms with van der Waals surface area (Å²) in [6.07, 6.45) is 1.60. The van der Waals surface area contributed by atoms with Crippen LogP contribution >= 0.6 is 11.8 Å². The van der Waals surface area contributed by atoms with Crippen LogP contribution in [0.5, 0.6) is 0 Å². The first-order valence-electron chi connectivity index (χ1n) is 5.19. The highest BCUT2D eigenvalue weighted by Crippen LogP contribution is 2.05. The first kappa shape index (κ1) is 13.8. The Kier molecular flexibility index (Phi) is 7.99. The molecule has 84 valence electrons. The van der Waals surface area contributed by atoms with Crippen LogP contribution in [0, 0.1) is 0 Å². The summed E-state index contributed by atoms with van der Waals surface area (Å²) in [6.45, 7) is 6.02. The van der Waals surface area contributed by atoms with Gasteiger partial charge < -0.3 is 11.1 Å². The predicted octanol–water partition coefficient (Wildman–Crippen LogP) is 1.37. The minimum Gasteiger partial charge on any atom is -0.354 e. The normalized spacial score (nSPS) is 12.9. The zero-order valence-electron chi connectivity index (χ0n) is 9.38. The Morgan fingerprint density at radius 1 is 1.50 bits per heavy atom. The number of nitrogens with one attached hydrogen (secondary N) is 1. The van der Waals surface area contributed by atoms with E-state index in [0.29, 0.717) is 6.42 Å². The van der Waals surface area contributed by atoms with Gasteiger partial charge in [0.05, 0.1) is 0 Å². The summed E-state index contributed by atoms with van der Waals surface area (Å²) in [5.41, 5.74) is 5.75. The Balaban J connectivity index is 3.31. The van der Waals surface area contributed by atoms with Crippen molar-refractivity contribution in [1.29, 1.82) is 0 Å². The average Bonchev–Trinajstić information content (AvgIpc) is 2.10. The standard InChI is InChI=1S/C10H22N2OS/c1-4-9(11)7-14-6-5-10(13)12-8(2)3/h8-9H,4-7,11H2,1-3H3,(H,12,13). The molecule has 0 aliphatic carbocycles. The third kappa shape index (κ3) is 8.38. The maximum absolute atomic E-state index is 11.2. The molecule has 0 aromatic carbocycles. The monoisotopic (exact) mass is 218 g/mol. The summed E-state index contributed by atoms with van der Waals surface area (Å²) < 4.78 is 0. The molecule has 0 heterocycles. The minimum absolute atomic E-state index is 0.137. The molecule has 3 nitrogen and oxygen atoms in total. The van der Waals surface area contributed by atoms with E-state index in [2.05, 4.69) is 12.2 Å². The van der Waals surface area contributed by atoms with Gasteiger partial charge in [-0.05, 0) is 20.3 Å². The van der Waals surface area contributed by atoms with Gasteiger partial charge in [0.15, 0.2) is 0 Å². The second-order valence-corrected chi connectivity index (χ2v) is 4.87. The number of carbonyl (C=O) groups excluding carboxylic acids is 1. The van der Waals surface area contributed by atoms with Gasteiger partial charge in [-0.25, -0.2) is 0 Å². The second-order valence-electron chi connectivity index (χ2n) is 3.72. The smallest absolute Gasteiger partial charge is 0.221 e. The van der Waals surface area contributed by atoms with Gasteiger partial charge in [0.1, 0.15) is 0 Å². The van der Waals surface area contributed by atoms with Crippen molar-refractivity contribution in [3.8, 4) is 0 Å². The third-order valence-electron chi connectivity index (χ3n) is 1.78. The van der Waals surface area contributed by atoms with Crippen LogP contribution in [0.2, 0.25) is 0 Å². The van der Waals surface area contributed by atoms with Gasteiger partial charge in [-0.3, -0.25) is 4.79 Å². The lowest BCUT2D eigenvalue weighted by Crippen LogP contribution is -2.30. The number of thioether (sulfide) groups is 1. The van der Waals surface area contributed by atoms with Crippen LogP contribution in [0.15, 0.2) is 0 Å². The number of nitrogens with two attached hydrogens (primary N) is 1. The molecule has 0 bridgehead atoms. The van der Waals surface area contributed by atoms with Gasteiger partial charge in [0, 0.05) is 30.0 Å². The van der Waals surface area contributed by atoms with Crippen molar-refractivity contribution < 1.29 is 4.79 Å². The van der Waals surface area contributed by atoms with Crippen molar-refractivity contribution in [1.82, 2.24) is 5.32 Å². The minimum atomic E-state index is 0.137. The average molecular weight is 218 g/mol. The molecule has 1 unspecified atom stereocenters. The van der Waals surface area contributed by atoms with E-state index in [9.17, 15) is 4.79 Å². The Hall–Kier alpha value is -0.220. The lowest BCUT2D eigenvalue weighted by atomic mass is 10.3. The molecular formula is C10H22N2OS. The van der Waals surface area contributed by atoms with Crippen molar-refractivity contribution >= 4 is 17.7 Å². The van der Waals surface area contributed by atoms with E-state index in [-0.39, 0.29) is 18.0 Å². The fraction of sp³-hybridized carbons (Fsp3) is 0.900. The lowest BCUT2D eigenvalue weighted by molar-refractivity contribution is -0.121. The lowest BCUT2D eigenvalue weighted by Gasteiger charge is -2.09. The topological polar surface area (TPSA) is 55.1 Å². The first-order chi connectivity index (χ1) is 6.56. The molecule has 0 saturated carbocycles.